The fourth-order valence-corrected chi connectivity index (χ4v) is 2.57. The lowest BCUT2D eigenvalue weighted by Gasteiger charge is -2.10. The van der Waals surface area contributed by atoms with Crippen molar-refractivity contribution in [2.24, 2.45) is 5.84 Å². The molecule has 0 bridgehead atoms. The van der Waals surface area contributed by atoms with Crippen LogP contribution in [0, 0.1) is 13.8 Å². The zero-order chi connectivity index (χ0) is 13.4. The molecule has 0 unspecified atom stereocenters. The minimum absolute atomic E-state index is 0.473. The summed E-state index contributed by atoms with van der Waals surface area (Å²) in [7, 11) is 0. The molecule has 100 valence electrons. The van der Waals surface area contributed by atoms with Crippen molar-refractivity contribution in [2.75, 3.05) is 5.43 Å². The first-order valence-electron chi connectivity index (χ1n) is 6.09. The first-order valence-corrected chi connectivity index (χ1v) is 6.91. The number of aromatic nitrogens is 5. The van der Waals surface area contributed by atoms with Crippen LogP contribution in [-0.4, -0.2) is 25.1 Å². The van der Waals surface area contributed by atoms with Gasteiger partial charge in [-0.2, -0.15) is 0 Å². The van der Waals surface area contributed by atoms with Crippen LogP contribution >= 0.6 is 11.8 Å². The van der Waals surface area contributed by atoms with E-state index in [0.29, 0.717) is 16.9 Å². The molecule has 1 aliphatic carbocycles. The van der Waals surface area contributed by atoms with Gasteiger partial charge in [0.15, 0.2) is 0 Å². The van der Waals surface area contributed by atoms with E-state index in [9.17, 15) is 0 Å². The summed E-state index contributed by atoms with van der Waals surface area (Å²) in [5.74, 6) is 8.31. The highest BCUT2D eigenvalue weighted by molar-refractivity contribution is 7.99. The minimum Gasteiger partial charge on any atom is -0.308 e. The number of hydrogen-bond donors (Lipinski definition) is 3. The Labute approximate surface area is 114 Å². The molecule has 2 aromatic rings. The highest BCUT2D eigenvalue weighted by atomic mass is 32.2. The Bertz CT molecular complexity index is 605. The summed E-state index contributed by atoms with van der Waals surface area (Å²) in [6, 6.07) is 0. The number of hydrogen-bond acceptors (Lipinski definition) is 7. The van der Waals surface area contributed by atoms with Gasteiger partial charge in [-0.1, -0.05) is 0 Å². The zero-order valence-electron chi connectivity index (χ0n) is 10.8. The van der Waals surface area contributed by atoms with Gasteiger partial charge in [0.25, 0.3) is 0 Å². The van der Waals surface area contributed by atoms with Crippen molar-refractivity contribution in [1.29, 1.82) is 0 Å². The molecule has 8 heteroatoms. The fourth-order valence-electron chi connectivity index (χ4n) is 1.73. The highest BCUT2D eigenvalue weighted by Gasteiger charge is 2.28. The number of nitrogens with one attached hydrogen (secondary N) is 2. The second-order valence-corrected chi connectivity index (χ2v) is 5.54. The monoisotopic (exact) mass is 277 g/mol. The number of aromatic amines is 1. The second kappa shape index (κ2) is 4.78. The average molecular weight is 277 g/mol. The number of anilines is 1. The molecule has 0 aliphatic heterocycles. The topological polar surface area (TPSA) is 105 Å². The van der Waals surface area contributed by atoms with Gasteiger partial charge in [0, 0.05) is 11.5 Å². The Morgan fingerprint density at radius 2 is 2.05 bits per heavy atom. The van der Waals surface area contributed by atoms with Gasteiger partial charge in [-0.25, -0.2) is 20.8 Å². The zero-order valence-corrected chi connectivity index (χ0v) is 11.6. The van der Waals surface area contributed by atoms with Gasteiger partial charge in [-0.05, 0) is 38.5 Å². The standard InChI is InChI=1S/C11H15N7S/c1-5-8(16-12)14-9(7-3-4-7)15-10(5)19-11-13-6(2)17-18-11/h7H,3-4,12H2,1-2H3,(H,13,17,18)(H,14,15,16). The van der Waals surface area contributed by atoms with E-state index in [1.807, 2.05) is 13.8 Å². The van der Waals surface area contributed by atoms with Gasteiger partial charge in [-0.15, -0.1) is 5.10 Å². The maximum Gasteiger partial charge on any atom is 0.214 e. The number of nitrogens with two attached hydrogens (primary N) is 1. The number of H-pyrrole nitrogens is 1. The maximum absolute atomic E-state index is 5.52. The summed E-state index contributed by atoms with van der Waals surface area (Å²) < 4.78 is 0. The highest BCUT2D eigenvalue weighted by Crippen LogP contribution is 2.40. The third kappa shape index (κ3) is 2.54. The van der Waals surface area contributed by atoms with Crippen LogP contribution in [0.25, 0.3) is 0 Å². The number of hydrazine groups is 1. The summed E-state index contributed by atoms with van der Waals surface area (Å²) in [5.41, 5.74) is 3.55. The van der Waals surface area contributed by atoms with Crippen molar-refractivity contribution in [3.8, 4) is 0 Å². The van der Waals surface area contributed by atoms with E-state index in [0.717, 1.165) is 35.1 Å². The molecule has 1 saturated carbocycles. The SMILES string of the molecule is Cc1nc(Sc2nc(C3CC3)nc(NN)c2C)n[nH]1. The predicted octanol–water partition coefficient (Wildman–Crippen LogP) is 1.53. The van der Waals surface area contributed by atoms with Crippen LogP contribution < -0.4 is 11.3 Å². The third-order valence-electron chi connectivity index (χ3n) is 2.96. The van der Waals surface area contributed by atoms with E-state index >= 15 is 0 Å². The largest absolute Gasteiger partial charge is 0.308 e. The third-order valence-corrected chi connectivity index (χ3v) is 3.92. The summed E-state index contributed by atoms with van der Waals surface area (Å²) in [6.45, 7) is 3.81. The molecule has 2 aromatic heterocycles. The van der Waals surface area contributed by atoms with E-state index in [1.165, 1.54) is 11.8 Å². The maximum atomic E-state index is 5.52. The van der Waals surface area contributed by atoms with Crippen LogP contribution in [0.4, 0.5) is 5.82 Å². The lowest BCUT2D eigenvalue weighted by Crippen LogP contribution is -2.13. The smallest absolute Gasteiger partial charge is 0.214 e. The molecule has 4 N–H and O–H groups in total. The molecule has 1 aliphatic rings. The molecule has 19 heavy (non-hydrogen) atoms. The average Bonchev–Trinajstić information content (AvgIpc) is 3.16. The number of rotatable bonds is 4. The molecule has 0 amide bonds. The first-order chi connectivity index (χ1) is 9.17. The van der Waals surface area contributed by atoms with Gasteiger partial charge < -0.3 is 5.43 Å². The van der Waals surface area contributed by atoms with Gasteiger partial charge in [0.2, 0.25) is 5.16 Å². The normalized spacial score (nSPS) is 14.7. The summed E-state index contributed by atoms with van der Waals surface area (Å²) in [4.78, 5) is 13.3. The van der Waals surface area contributed by atoms with Gasteiger partial charge >= 0.3 is 0 Å². The van der Waals surface area contributed by atoms with Crippen LogP contribution in [0.1, 0.15) is 36.0 Å². The number of aryl methyl sites for hydroxylation is 1. The Hall–Kier alpha value is -1.67. The second-order valence-electron chi connectivity index (χ2n) is 4.58. The molecule has 1 fully saturated rings. The van der Waals surface area contributed by atoms with E-state index in [1.54, 1.807) is 0 Å². The van der Waals surface area contributed by atoms with Gasteiger partial charge in [0.1, 0.15) is 22.5 Å². The van der Waals surface area contributed by atoms with Crippen LogP contribution in [0.3, 0.4) is 0 Å². The van der Waals surface area contributed by atoms with E-state index < -0.39 is 0 Å². The Balaban J connectivity index is 1.96. The van der Waals surface area contributed by atoms with E-state index in [4.69, 9.17) is 5.84 Å². The number of nitrogen functional groups attached to an aromatic ring is 1. The molecule has 0 aromatic carbocycles. The van der Waals surface area contributed by atoms with Crippen LogP contribution in [-0.2, 0) is 0 Å². The minimum atomic E-state index is 0.473. The van der Waals surface area contributed by atoms with Crippen molar-refractivity contribution in [2.45, 2.75) is 42.8 Å². The Kier molecular flexibility index (Phi) is 3.11. The Morgan fingerprint density at radius 3 is 2.63 bits per heavy atom. The van der Waals surface area contributed by atoms with E-state index in [2.05, 4.69) is 30.6 Å². The summed E-state index contributed by atoms with van der Waals surface area (Å²) in [6.07, 6.45) is 2.30. The van der Waals surface area contributed by atoms with Crippen molar-refractivity contribution in [3.05, 3.63) is 17.2 Å². The van der Waals surface area contributed by atoms with Gasteiger partial charge in [0.05, 0.1) is 0 Å². The molecule has 3 rings (SSSR count). The fraction of sp³-hybridized carbons (Fsp3) is 0.455. The van der Waals surface area contributed by atoms with Crippen molar-refractivity contribution in [1.82, 2.24) is 25.1 Å². The predicted molar refractivity (Wildman–Crippen MR) is 71.8 cm³/mol. The molecule has 0 atom stereocenters. The van der Waals surface area contributed by atoms with Crippen molar-refractivity contribution >= 4 is 17.6 Å². The van der Waals surface area contributed by atoms with Crippen molar-refractivity contribution in [3.63, 3.8) is 0 Å². The van der Waals surface area contributed by atoms with Crippen LogP contribution in [0.15, 0.2) is 10.2 Å². The Morgan fingerprint density at radius 1 is 1.26 bits per heavy atom. The van der Waals surface area contributed by atoms with E-state index in [-0.39, 0.29) is 0 Å². The first kappa shape index (κ1) is 12.4. The molecular formula is C11H15N7S. The number of nitrogens with zero attached hydrogens (tertiary/aromatic N) is 4. The van der Waals surface area contributed by atoms with Crippen molar-refractivity contribution < 1.29 is 0 Å². The lowest BCUT2D eigenvalue weighted by molar-refractivity contribution is 0.858. The molecular weight excluding hydrogens is 262 g/mol. The molecule has 0 radical (unpaired) electrons. The van der Waals surface area contributed by atoms with Crippen LogP contribution in [0.2, 0.25) is 0 Å². The quantitative estimate of drug-likeness (QED) is 0.442. The molecule has 7 nitrogen and oxygen atoms in total. The molecule has 2 heterocycles. The van der Waals surface area contributed by atoms with Crippen LogP contribution in [0.5, 0.6) is 0 Å². The molecule has 0 saturated heterocycles. The summed E-state index contributed by atoms with van der Waals surface area (Å²) >= 11 is 1.42. The lowest BCUT2D eigenvalue weighted by atomic mass is 10.3. The molecule has 0 spiro atoms. The summed E-state index contributed by atoms with van der Waals surface area (Å²) in [5, 5.41) is 8.44. The van der Waals surface area contributed by atoms with Gasteiger partial charge in [-0.3, -0.25) is 5.10 Å².